The molecule has 2 aliphatic heterocycles. The van der Waals surface area contributed by atoms with Gasteiger partial charge in [0, 0.05) is 29.2 Å². The first-order valence-corrected chi connectivity index (χ1v) is 11.3. The lowest BCUT2D eigenvalue weighted by molar-refractivity contribution is -0.157. The normalized spacial score (nSPS) is 24.4. The summed E-state index contributed by atoms with van der Waals surface area (Å²) in [5.41, 5.74) is 0.566. The number of anilines is 1. The highest BCUT2D eigenvalue weighted by Gasteiger charge is 2.44. The standard InChI is InChI=1S/C25H27F4NO3/c1-2-3-8-22(31)32-14-16-10-11-18-23(17-6-4-5-7-20(17)26)30-21-12-9-15(25(27,28)29)13-19(21)24(18)33-16/h4-7,9,12-13,16,18,23-24,30H,2-3,8,10-11,14H2,1H3/t16-,18+,23+,24+/m1/s1. The molecule has 0 aliphatic carbocycles. The fourth-order valence-corrected chi connectivity index (χ4v) is 4.67. The highest BCUT2D eigenvalue weighted by Crippen LogP contribution is 2.51. The lowest BCUT2D eigenvalue weighted by atomic mass is 9.76. The number of hydrogen-bond donors (Lipinski definition) is 1. The van der Waals surface area contributed by atoms with Crippen LogP contribution >= 0.6 is 0 Å². The van der Waals surface area contributed by atoms with Crippen molar-refractivity contribution in [2.24, 2.45) is 5.92 Å². The Kier molecular flexibility index (Phi) is 6.93. The molecule has 1 saturated heterocycles. The van der Waals surface area contributed by atoms with E-state index in [0.29, 0.717) is 36.1 Å². The molecule has 33 heavy (non-hydrogen) atoms. The van der Waals surface area contributed by atoms with Gasteiger partial charge < -0.3 is 14.8 Å². The van der Waals surface area contributed by atoms with Gasteiger partial charge in [0.15, 0.2) is 0 Å². The van der Waals surface area contributed by atoms with Gasteiger partial charge in [0.2, 0.25) is 0 Å². The largest absolute Gasteiger partial charge is 0.463 e. The third-order valence-corrected chi connectivity index (χ3v) is 6.38. The average molecular weight is 465 g/mol. The first kappa shape index (κ1) is 23.5. The molecule has 0 aromatic heterocycles. The first-order valence-electron chi connectivity index (χ1n) is 11.3. The van der Waals surface area contributed by atoms with Crippen molar-refractivity contribution in [3.63, 3.8) is 0 Å². The number of unbranched alkanes of at least 4 members (excludes halogenated alkanes) is 1. The van der Waals surface area contributed by atoms with Crippen LogP contribution in [0.15, 0.2) is 42.5 Å². The fourth-order valence-electron chi connectivity index (χ4n) is 4.67. The van der Waals surface area contributed by atoms with E-state index >= 15 is 0 Å². The number of alkyl halides is 3. The molecule has 2 heterocycles. The van der Waals surface area contributed by atoms with Gasteiger partial charge in [-0.2, -0.15) is 13.2 Å². The number of carbonyl (C=O) groups excluding carboxylic acids is 1. The molecule has 0 bridgehead atoms. The van der Waals surface area contributed by atoms with E-state index in [1.807, 2.05) is 6.92 Å². The Labute approximate surface area is 190 Å². The number of nitrogens with one attached hydrogen (secondary N) is 1. The summed E-state index contributed by atoms with van der Waals surface area (Å²) in [5, 5.41) is 3.25. The molecule has 0 saturated carbocycles. The molecule has 2 aromatic rings. The van der Waals surface area contributed by atoms with Crippen LogP contribution in [-0.4, -0.2) is 18.7 Å². The summed E-state index contributed by atoms with van der Waals surface area (Å²) in [6, 6.07) is 9.43. The second-order valence-corrected chi connectivity index (χ2v) is 8.65. The van der Waals surface area contributed by atoms with Crippen molar-refractivity contribution >= 4 is 11.7 Å². The fraction of sp³-hybridized carbons (Fsp3) is 0.480. The van der Waals surface area contributed by atoms with Crippen LogP contribution in [0.2, 0.25) is 0 Å². The van der Waals surface area contributed by atoms with Crippen LogP contribution in [0.5, 0.6) is 0 Å². The molecule has 1 N–H and O–H groups in total. The number of esters is 1. The van der Waals surface area contributed by atoms with Crippen LogP contribution in [0.1, 0.15) is 67.9 Å². The third-order valence-electron chi connectivity index (χ3n) is 6.38. The number of benzene rings is 2. The van der Waals surface area contributed by atoms with Gasteiger partial charge in [-0.15, -0.1) is 0 Å². The summed E-state index contributed by atoms with van der Waals surface area (Å²) in [5.74, 6) is -0.960. The van der Waals surface area contributed by atoms with E-state index in [9.17, 15) is 22.4 Å². The van der Waals surface area contributed by atoms with Gasteiger partial charge in [0.1, 0.15) is 12.4 Å². The molecule has 4 atom stereocenters. The zero-order valence-corrected chi connectivity index (χ0v) is 18.3. The number of hydrogen-bond acceptors (Lipinski definition) is 4. The van der Waals surface area contributed by atoms with Crippen LogP contribution in [-0.2, 0) is 20.4 Å². The van der Waals surface area contributed by atoms with Crippen molar-refractivity contribution in [2.45, 2.75) is 63.5 Å². The minimum Gasteiger partial charge on any atom is -0.463 e. The molecule has 2 aromatic carbocycles. The summed E-state index contributed by atoms with van der Waals surface area (Å²) < 4.78 is 66.4. The Hall–Kier alpha value is -2.61. The van der Waals surface area contributed by atoms with Crippen LogP contribution < -0.4 is 5.32 Å². The van der Waals surface area contributed by atoms with Crippen molar-refractivity contribution < 1.29 is 31.8 Å². The van der Waals surface area contributed by atoms with Crippen LogP contribution in [0.3, 0.4) is 0 Å². The molecule has 0 amide bonds. The van der Waals surface area contributed by atoms with Gasteiger partial charge in [-0.25, -0.2) is 4.39 Å². The van der Waals surface area contributed by atoms with Gasteiger partial charge in [0.25, 0.3) is 0 Å². The minimum atomic E-state index is -4.49. The van der Waals surface area contributed by atoms with Gasteiger partial charge in [-0.1, -0.05) is 31.5 Å². The molecular weight excluding hydrogens is 438 g/mol. The van der Waals surface area contributed by atoms with Crippen LogP contribution in [0.25, 0.3) is 0 Å². The molecule has 4 nitrogen and oxygen atoms in total. The maximum Gasteiger partial charge on any atom is 0.416 e. The Bertz CT molecular complexity index is 994. The first-order chi connectivity index (χ1) is 15.8. The number of fused-ring (bicyclic) bond motifs is 3. The van der Waals surface area contributed by atoms with E-state index in [4.69, 9.17) is 9.47 Å². The van der Waals surface area contributed by atoms with Gasteiger partial charge in [-0.05, 0) is 43.5 Å². The quantitative estimate of drug-likeness (QED) is 0.387. The topological polar surface area (TPSA) is 47.6 Å². The molecule has 0 spiro atoms. The van der Waals surface area contributed by atoms with E-state index in [0.717, 1.165) is 25.0 Å². The van der Waals surface area contributed by atoms with E-state index < -0.39 is 30.0 Å². The van der Waals surface area contributed by atoms with Crippen molar-refractivity contribution in [3.05, 3.63) is 65.0 Å². The summed E-state index contributed by atoms with van der Waals surface area (Å²) >= 11 is 0. The second-order valence-electron chi connectivity index (χ2n) is 8.65. The van der Waals surface area contributed by atoms with E-state index in [1.54, 1.807) is 18.2 Å². The van der Waals surface area contributed by atoms with Crippen molar-refractivity contribution in [2.75, 3.05) is 11.9 Å². The lowest BCUT2D eigenvalue weighted by Gasteiger charge is -2.45. The maximum absolute atomic E-state index is 14.6. The highest BCUT2D eigenvalue weighted by atomic mass is 19.4. The smallest absolute Gasteiger partial charge is 0.416 e. The second kappa shape index (κ2) is 9.71. The Morgan fingerprint density at radius 3 is 2.67 bits per heavy atom. The van der Waals surface area contributed by atoms with E-state index in [1.165, 1.54) is 12.1 Å². The predicted molar refractivity (Wildman–Crippen MR) is 115 cm³/mol. The molecule has 178 valence electrons. The van der Waals surface area contributed by atoms with Crippen molar-refractivity contribution in [1.82, 2.24) is 0 Å². The molecule has 8 heteroatoms. The molecule has 4 rings (SSSR count). The van der Waals surface area contributed by atoms with Gasteiger partial charge in [-0.3, -0.25) is 4.79 Å². The Morgan fingerprint density at radius 1 is 1.15 bits per heavy atom. The van der Waals surface area contributed by atoms with Crippen molar-refractivity contribution in [1.29, 1.82) is 0 Å². The number of ether oxygens (including phenoxy) is 2. The molecular formula is C25H27F4NO3. The Morgan fingerprint density at radius 2 is 1.94 bits per heavy atom. The van der Waals surface area contributed by atoms with Gasteiger partial charge >= 0.3 is 12.1 Å². The highest BCUT2D eigenvalue weighted by molar-refractivity contribution is 5.69. The van der Waals surface area contributed by atoms with Crippen molar-refractivity contribution in [3.8, 4) is 0 Å². The summed E-state index contributed by atoms with van der Waals surface area (Å²) in [4.78, 5) is 11.9. The third kappa shape index (κ3) is 5.16. The molecule has 1 fully saturated rings. The number of carbonyl (C=O) groups is 1. The summed E-state index contributed by atoms with van der Waals surface area (Å²) in [6.45, 7) is 2.03. The SMILES string of the molecule is CCCCC(=O)OC[C@H]1CC[C@@H]2[C@H](O1)c1cc(C(F)(F)F)ccc1N[C@H]2c1ccccc1F. The zero-order valence-electron chi connectivity index (χ0n) is 18.3. The van der Waals surface area contributed by atoms with Crippen LogP contribution in [0.4, 0.5) is 23.2 Å². The zero-order chi connectivity index (χ0) is 23.6. The average Bonchev–Trinajstić information content (AvgIpc) is 2.80. The van der Waals surface area contributed by atoms with Crippen LogP contribution in [0, 0.1) is 11.7 Å². The molecule has 2 aliphatic rings. The Balaban J connectivity index is 1.62. The maximum atomic E-state index is 14.6. The molecule has 0 radical (unpaired) electrons. The number of rotatable bonds is 6. The monoisotopic (exact) mass is 465 g/mol. The van der Waals surface area contributed by atoms with Gasteiger partial charge in [0.05, 0.1) is 23.8 Å². The summed E-state index contributed by atoms with van der Waals surface area (Å²) in [7, 11) is 0. The van der Waals surface area contributed by atoms with E-state index in [-0.39, 0.29) is 24.3 Å². The number of halogens is 4. The molecule has 0 unspecified atom stereocenters. The predicted octanol–water partition coefficient (Wildman–Crippen LogP) is 6.58. The minimum absolute atomic E-state index is 0.0534. The lowest BCUT2D eigenvalue weighted by Crippen LogP contribution is -2.40. The summed E-state index contributed by atoms with van der Waals surface area (Å²) in [6.07, 6.45) is -2.52. The van der Waals surface area contributed by atoms with E-state index in [2.05, 4.69) is 5.32 Å².